The number of hydrogen-bond donors (Lipinski definition) is 2. The predicted molar refractivity (Wildman–Crippen MR) is 88.3 cm³/mol. The summed E-state index contributed by atoms with van der Waals surface area (Å²) in [5.41, 5.74) is 0.348. The lowest BCUT2D eigenvalue weighted by Gasteiger charge is -2.22. The highest BCUT2D eigenvalue weighted by atomic mass is 35.5. The molecule has 1 unspecified atom stereocenters. The van der Waals surface area contributed by atoms with Gasteiger partial charge in [-0.25, -0.2) is 0 Å². The van der Waals surface area contributed by atoms with E-state index in [0.29, 0.717) is 23.0 Å². The van der Waals surface area contributed by atoms with Gasteiger partial charge in [-0.3, -0.25) is 4.79 Å². The normalized spacial score (nSPS) is 13.2. The third kappa shape index (κ3) is 5.85. The number of rotatable bonds is 8. The average molecular weight is 332 g/mol. The Bertz CT molecular complexity index is 489. The van der Waals surface area contributed by atoms with Crippen molar-refractivity contribution in [2.75, 3.05) is 6.54 Å². The third-order valence-corrected chi connectivity index (χ3v) is 4.32. The van der Waals surface area contributed by atoms with Crippen molar-refractivity contribution in [3.8, 4) is 0 Å². The second-order valence-corrected chi connectivity index (χ2v) is 6.78. The van der Waals surface area contributed by atoms with Crippen LogP contribution in [0.15, 0.2) is 18.2 Å². The summed E-state index contributed by atoms with van der Waals surface area (Å²) in [4.78, 5) is 11.1. The number of carboxylic acid groups (broad SMARTS) is 1. The molecule has 0 radical (unpaired) electrons. The molecule has 1 rings (SSSR count). The van der Waals surface area contributed by atoms with Gasteiger partial charge in [0.15, 0.2) is 0 Å². The largest absolute Gasteiger partial charge is 0.481 e. The van der Waals surface area contributed by atoms with E-state index in [0.717, 1.165) is 18.4 Å². The van der Waals surface area contributed by atoms with Crippen LogP contribution in [0.4, 0.5) is 0 Å². The highest BCUT2D eigenvalue weighted by molar-refractivity contribution is 6.35. The van der Waals surface area contributed by atoms with Crippen molar-refractivity contribution in [3.63, 3.8) is 0 Å². The van der Waals surface area contributed by atoms with Gasteiger partial charge in [-0.15, -0.1) is 0 Å². The van der Waals surface area contributed by atoms with Crippen molar-refractivity contribution in [2.45, 2.75) is 46.1 Å². The van der Waals surface area contributed by atoms with Crippen molar-refractivity contribution in [1.29, 1.82) is 0 Å². The van der Waals surface area contributed by atoms with Gasteiger partial charge in [0.25, 0.3) is 0 Å². The molecule has 0 aliphatic rings. The highest BCUT2D eigenvalue weighted by Gasteiger charge is 2.26. The smallest absolute Gasteiger partial charge is 0.309 e. The van der Waals surface area contributed by atoms with Crippen LogP contribution >= 0.6 is 23.2 Å². The predicted octanol–water partition coefficient (Wildman–Crippen LogP) is 4.41. The molecule has 0 aliphatic carbocycles. The van der Waals surface area contributed by atoms with E-state index in [2.05, 4.69) is 12.2 Å². The Hall–Kier alpha value is -0.770. The van der Waals surface area contributed by atoms with Crippen LogP contribution in [-0.4, -0.2) is 23.7 Å². The molecule has 0 aliphatic heterocycles. The van der Waals surface area contributed by atoms with Gasteiger partial charge in [-0.05, 0) is 57.4 Å². The van der Waals surface area contributed by atoms with E-state index in [1.165, 1.54) is 0 Å². The van der Waals surface area contributed by atoms with Crippen molar-refractivity contribution in [1.82, 2.24) is 5.32 Å². The molecule has 0 spiro atoms. The first-order valence-electron chi connectivity index (χ1n) is 7.17. The fraction of sp³-hybridized carbons (Fsp3) is 0.562. The van der Waals surface area contributed by atoms with Crippen LogP contribution in [-0.2, 0) is 11.2 Å². The summed E-state index contributed by atoms with van der Waals surface area (Å²) in [7, 11) is 0. The van der Waals surface area contributed by atoms with Crippen LogP contribution in [0.25, 0.3) is 0 Å². The van der Waals surface area contributed by atoms with E-state index in [4.69, 9.17) is 28.3 Å². The fourth-order valence-corrected chi connectivity index (χ4v) is 2.49. The van der Waals surface area contributed by atoms with Crippen molar-refractivity contribution in [3.05, 3.63) is 33.8 Å². The topological polar surface area (TPSA) is 49.3 Å². The van der Waals surface area contributed by atoms with E-state index in [9.17, 15) is 4.79 Å². The number of carbonyl (C=O) groups is 1. The fourth-order valence-electron chi connectivity index (χ4n) is 2.01. The summed E-state index contributed by atoms with van der Waals surface area (Å²) < 4.78 is 0. The lowest BCUT2D eigenvalue weighted by Crippen LogP contribution is -2.35. The van der Waals surface area contributed by atoms with Crippen LogP contribution in [0.5, 0.6) is 0 Å². The number of hydrogen-bond acceptors (Lipinski definition) is 2. The molecule has 0 saturated carbocycles. The van der Waals surface area contributed by atoms with Gasteiger partial charge in [0, 0.05) is 16.1 Å². The first-order chi connectivity index (χ1) is 9.76. The number of benzene rings is 1. The maximum atomic E-state index is 11.1. The quantitative estimate of drug-likeness (QED) is 0.741. The molecule has 1 atom stereocenters. The Kier molecular flexibility index (Phi) is 6.98. The van der Waals surface area contributed by atoms with Gasteiger partial charge in [0.2, 0.25) is 0 Å². The van der Waals surface area contributed by atoms with Crippen LogP contribution in [0.1, 0.15) is 39.2 Å². The highest BCUT2D eigenvalue weighted by Crippen LogP contribution is 2.23. The standard InChI is InChI=1S/C16H23Cl2NO2/c1-4-13(19-8-7-16(2,3)15(20)21)9-11-5-6-12(17)10-14(11)18/h5-6,10,13,19H,4,7-9H2,1-3H3,(H,20,21). The summed E-state index contributed by atoms with van der Waals surface area (Å²) >= 11 is 12.1. The van der Waals surface area contributed by atoms with Gasteiger partial charge in [0.05, 0.1) is 5.41 Å². The monoisotopic (exact) mass is 331 g/mol. The number of halogens is 2. The summed E-state index contributed by atoms with van der Waals surface area (Å²) in [5, 5.41) is 13.8. The summed E-state index contributed by atoms with van der Waals surface area (Å²) in [5.74, 6) is -0.766. The Balaban J connectivity index is 2.54. The molecule has 1 aromatic rings. The van der Waals surface area contributed by atoms with Crippen molar-refractivity contribution in [2.24, 2.45) is 5.41 Å². The summed E-state index contributed by atoms with van der Waals surface area (Å²) in [6.45, 7) is 6.26. The molecule has 0 bridgehead atoms. The average Bonchev–Trinajstić information content (AvgIpc) is 2.39. The molecule has 0 heterocycles. The second kappa shape index (κ2) is 8.02. The molecule has 21 heavy (non-hydrogen) atoms. The second-order valence-electron chi connectivity index (χ2n) is 5.94. The zero-order valence-corrected chi connectivity index (χ0v) is 14.3. The van der Waals surface area contributed by atoms with Crippen LogP contribution < -0.4 is 5.32 Å². The maximum absolute atomic E-state index is 11.1. The molecule has 0 amide bonds. The first kappa shape index (κ1) is 18.3. The maximum Gasteiger partial charge on any atom is 0.309 e. The van der Waals surface area contributed by atoms with Gasteiger partial charge >= 0.3 is 5.97 Å². The van der Waals surface area contributed by atoms with E-state index in [1.807, 2.05) is 12.1 Å². The number of aliphatic carboxylic acids is 1. The van der Waals surface area contributed by atoms with E-state index in [-0.39, 0.29) is 6.04 Å². The SMILES string of the molecule is CCC(Cc1ccc(Cl)cc1Cl)NCCC(C)(C)C(=O)O. The molecule has 2 N–H and O–H groups in total. The van der Waals surface area contributed by atoms with Gasteiger partial charge in [-0.1, -0.05) is 36.2 Å². The molecule has 118 valence electrons. The molecule has 5 heteroatoms. The Morgan fingerprint density at radius 2 is 2.05 bits per heavy atom. The molecule has 0 saturated heterocycles. The molecule has 1 aromatic carbocycles. The lowest BCUT2D eigenvalue weighted by atomic mass is 9.89. The zero-order valence-electron chi connectivity index (χ0n) is 12.7. The number of carboxylic acids is 1. The lowest BCUT2D eigenvalue weighted by molar-refractivity contribution is -0.147. The van der Waals surface area contributed by atoms with Gasteiger partial charge in [-0.2, -0.15) is 0 Å². The number of nitrogens with one attached hydrogen (secondary N) is 1. The van der Waals surface area contributed by atoms with E-state index < -0.39 is 11.4 Å². The van der Waals surface area contributed by atoms with E-state index in [1.54, 1.807) is 19.9 Å². The van der Waals surface area contributed by atoms with Crippen LogP contribution in [0.3, 0.4) is 0 Å². The summed E-state index contributed by atoms with van der Waals surface area (Å²) in [6, 6.07) is 5.80. The summed E-state index contributed by atoms with van der Waals surface area (Å²) in [6.07, 6.45) is 2.35. The van der Waals surface area contributed by atoms with Crippen LogP contribution in [0, 0.1) is 5.41 Å². The minimum absolute atomic E-state index is 0.272. The third-order valence-electron chi connectivity index (χ3n) is 3.74. The van der Waals surface area contributed by atoms with Crippen LogP contribution in [0.2, 0.25) is 10.0 Å². The Labute approximate surface area is 136 Å². The van der Waals surface area contributed by atoms with Gasteiger partial charge < -0.3 is 10.4 Å². The van der Waals surface area contributed by atoms with Crippen molar-refractivity contribution < 1.29 is 9.90 Å². The minimum atomic E-state index is -0.766. The molecular formula is C16H23Cl2NO2. The molecule has 0 aromatic heterocycles. The zero-order chi connectivity index (χ0) is 16.0. The Morgan fingerprint density at radius 3 is 2.57 bits per heavy atom. The molecule has 3 nitrogen and oxygen atoms in total. The minimum Gasteiger partial charge on any atom is -0.481 e. The Morgan fingerprint density at radius 1 is 1.38 bits per heavy atom. The van der Waals surface area contributed by atoms with Crippen molar-refractivity contribution >= 4 is 29.2 Å². The molecular weight excluding hydrogens is 309 g/mol. The van der Waals surface area contributed by atoms with E-state index >= 15 is 0 Å². The first-order valence-corrected chi connectivity index (χ1v) is 7.92. The molecule has 0 fully saturated rings. The van der Waals surface area contributed by atoms with Gasteiger partial charge in [0.1, 0.15) is 0 Å².